The first-order valence-corrected chi connectivity index (χ1v) is 9.04. The van der Waals surface area contributed by atoms with Gasteiger partial charge in [0.1, 0.15) is 6.61 Å². The van der Waals surface area contributed by atoms with Gasteiger partial charge in [-0.25, -0.2) is 0 Å². The van der Waals surface area contributed by atoms with E-state index in [1.807, 2.05) is 30.0 Å². The number of likely N-dealkylation sites (tertiary alicyclic amines) is 1. The van der Waals surface area contributed by atoms with Gasteiger partial charge < -0.3 is 20.7 Å². The van der Waals surface area contributed by atoms with E-state index in [1.165, 1.54) is 0 Å². The number of carbonyl (C=O) groups excluding carboxylic acids is 2. The van der Waals surface area contributed by atoms with Crippen LogP contribution in [0.2, 0.25) is 0 Å². The molecule has 1 fully saturated rings. The third-order valence-corrected chi connectivity index (χ3v) is 4.73. The molecular weight excluding hydrogens is 348 g/mol. The van der Waals surface area contributed by atoms with E-state index in [2.05, 4.69) is 15.6 Å². The van der Waals surface area contributed by atoms with Crippen LogP contribution in [0, 0.1) is 0 Å². The predicted molar refractivity (Wildman–Crippen MR) is 101 cm³/mol. The molecule has 0 unspecified atom stereocenters. The zero-order valence-corrected chi connectivity index (χ0v) is 15.2. The summed E-state index contributed by atoms with van der Waals surface area (Å²) < 4.78 is 0. The first-order valence-electron chi connectivity index (χ1n) is 9.04. The van der Waals surface area contributed by atoms with Gasteiger partial charge >= 0.3 is 0 Å². The number of hydrogen-bond donors (Lipinski definition) is 4. The topological polar surface area (TPSA) is 115 Å². The number of likely N-dealkylation sites (N-methyl/N-ethyl adjacent to an activating group) is 1. The second-order valence-corrected chi connectivity index (χ2v) is 6.70. The summed E-state index contributed by atoms with van der Waals surface area (Å²) in [5, 5.41) is 15.1. The van der Waals surface area contributed by atoms with Crippen LogP contribution >= 0.6 is 0 Å². The van der Waals surface area contributed by atoms with Gasteiger partial charge in [0, 0.05) is 48.3 Å². The van der Waals surface area contributed by atoms with Gasteiger partial charge in [0.15, 0.2) is 5.43 Å². The lowest BCUT2D eigenvalue weighted by Gasteiger charge is -2.23. The number of aliphatic hydroxyl groups is 1. The van der Waals surface area contributed by atoms with E-state index < -0.39 is 18.6 Å². The van der Waals surface area contributed by atoms with Crippen molar-refractivity contribution in [3.63, 3.8) is 0 Å². The van der Waals surface area contributed by atoms with E-state index in [-0.39, 0.29) is 17.4 Å². The van der Waals surface area contributed by atoms with Gasteiger partial charge in [-0.15, -0.1) is 0 Å². The van der Waals surface area contributed by atoms with E-state index in [9.17, 15) is 14.4 Å². The van der Waals surface area contributed by atoms with Crippen LogP contribution in [-0.4, -0.2) is 58.6 Å². The van der Waals surface area contributed by atoms with Gasteiger partial charge in [0.05, 0.1) is 6.04 Å². The molecule has 4 N–H and O–H groups in total. The molecule has 8 nitrogen and oxygen atoms in total. The quantitative estimate of drug-likeness (QED) is 0.557. The van der Waals surface area contributed by atoms with Crippen LogP contribution in [-0.2, 0) is 16.1 Å². The standard InChI is InChI=1S/C19H24N4O4/c1-2-20-19(27)16-7-12(22-18(26)11-24)9-23(16)10-13-8-17(25)14-5-3-4-6-15(14)21-13/h3-6,8,12,16,24H,2,7,9-11H2,1H3,(H,20,27)(H,21,25)(H,22,26)/t12-,16-/m0/s1. The first-order chi connectivity index (χ1) is 13.0. The molecule has 144 valence electrons. The average Bonchev–Trinajstić information content (AvgIpc) is 3.04. The smallest absolute Gasteiger partial charge is 0.245 e. The third kappa shape index (κ3) is 4.35. The molecule has 2 heterocycles. The SMILES string of the molecule is CCNC(=O)[C@@H]1C[C@H](NC(=O)CO)CN1Cc1cc(=O)c2ccccc2[nH]1. The fraction of sp³-hybridized carbons (Fsp3) is 0.421. The zero-order chi connectivity index (χ0) is 19.4. The Kier molecular flexibility index (Phi) is 5.88. The molecule has 2 atom stereocenters. The monoisotopic (exact) mass is 372 g/mol. The Balaban J connectivity index is 1.82. The highest BCUT2D eigenvalue weighted by Crippen LogP contribution is 2.21. The molecule has 0 aliphatic carbocycles. The maximum Gasteiger partial charge on any atom is 0.245 e. The van der Waals surface area contributed by atoms with Crippen molar-refractivity contribution >= 4 is 22.7 Å². The lowest BCUT2D eigenvalue weighted by atomic mass is 10.1. The van der Waals surface area contributed by atoms with Gasteiger partial charge in [-0.05, 0) is 25.5 Å². The number of pyridine rings is 1. The van der Waals surface area contributed by atoms with Crippen molar-refractivity contribution in [3.05, 3.63) is 46.2 Å². The molecule has 8 heteroatoms. The summed E-state index contributed by atoms with van der Waals surface area (Å²) in [5.74, 6) is -0.572. The van der Waals surface area contributed by atoms with Crippen molar-refractivity contribution in [2.45, 2.75) is 32.0 Å². The van der Waals surface area contributed by atoms with Crippen LogP contribution in [0.5, 0.6) is 0 Å². The van der Waals surface area contributed by atoms with Crippen LogP contribution in [0.25, 0.3) is 10.9 Å². The number of benzene rings is 1. The number of aromatic nitrogens is 1. The van der Waals surface area contributed by atoms with E-state index >= 15 is 0 Å². The number of aromatic amines is 1. The van der Waals surface area contributed by atoms with Crippen LogP contribution in [0.1, 0.15) is 19.0 Å². The highest BCUT2D eigenvalue weighted by Gasteiger charge is 2.37. The Labute approximate surface area is 156 Å². The van der Waals surface area contributed by atoms with E-state index in [4.69, 9.17) is 5.11 Å². The molecule has 2 aromatic rings. The Morgan fingerprint density at radius 1 is 1.33 bits per heavy atom. The van der Waals surface area contributed by atoms with Gasteiger partial charge in [0.25, 0.3) is 0 Å². The Hall–Kier alpha value is -2.71. The normalized spacial score (nSPS) is 19.9. The van der Waals surface area contributed by atoms with Gasteiger partial charge in [-0.3, -0.25) is 19.3 Å². The summed E-state index contributed by atoms with van der Waals surface area (Å²) in [6, 6.07) is 8.19. The van der Waals surface area contributed by atoms with Crippen molar-refractivity contribution in [1.29, 1.82) is 0 Å². The van der Waals surface area contributed by atoms with Crippen molar-refractivity contribution in [3.8, 4) is 0 Å². The fourth-order valence-corrected chi connectivity index (χ4v) is 3.58. The molecule has 1 aromatic carbocycles. The van der Waals surface area contributed by atoms with E-state index in [0.717, 1.165) is 5.52 Å². The fourth-order valence-electron chi connectivity index (χ4n) is 3.58. The summed E-state index contributed by atoms with van der Waals surface area (Å²) in [7, 11) is 0. The lowest BCUT2D eigenvalue weighted by Crippen LogP contribution is -2.43. The molecule has 1 saturated heterocycles. The minimum absolute atomic E-state index is 0.0711. The van der Waals surface area contributed by atoms with Crippen LogP contribution in [0.3, 0.4) is 0 Å². The second kappa shape index (κ2) is 8.32. The molecule has 0 radical (unpaired) electrons. The van der Waals surface area contributed by atoms with Crippen molar-refractivity contribution in [1.82, 2.24) is 20.5 Å². The average molecular weight is 372 g/mol. The number of nitrogens with one attached hydrogen (secondary N) is 3. The lowest BCUT2D eigenvalue weighted by molar-refractivity contribution is -0.126. The molecular formula is C19H24N4O4. The first kappa shape index (κ1) is 19.1. The molecule has 1 aliphatic heterocycles. The van der Waals surface area contributed by atoms with Gasteiger partial charge in [0.2, 0.25) is 11.8 Å². The molecule has 0 bridgehead atoms. The third-order valence-electron chi connectivity index (χ3n) is 4.73. The summed E-state index contributed by atoms with van der Waals surface area (Å²) in [4.78, 5) is 41.5. The second-order valence-electron chi connectivity index (χ2n) is 6.70. The minimum atomic E-state index is -0.583. The van der Waals surface area contributed by atoms with Gasteiger partial charge in [-0.2, -0.15) is 0 Å². The zero-order valence-electron chi connectivity index (χ0n) is 15.2. The number of nitrogens with zero attached hydrogens (tertiary/aromatic N) is 1. The predicted octanol–water partition coefficient (Wildman–Crippen LogP) is -0.284. The van der Waals surface area contributed by atoms with Gasteiger partial charge in [-0.1, -0.05) is 12.1 Å². The summed E-state index contributed by atoms with van der Waals surface area (Å²) in [6.07, 6.45) is 0.454. The van der Waals surface area contributed by atoms with Crippen molar-refractivity contribution < 1.29 is 14.7 Å². The number of para-hydroxylation sites is 1. The molecule has 3 rings (SSSR count). The summed E-state index contributed by atoms with van der Waals surface area (Å²) in [6.45, 7) is 2.63. The molecule has 1 aliphatic rings. The molecule has 1 aromatic heterocycles. The minimum Gasteiger partial charge on any atom is -0.387 e. The number of amides is 2. The van der Waals surface area contributed by atoms with Crippen molar-refractivity contribution in [2.75, 3.05) is 19.7 Å². The van der Waals surface area contributed by atoms with Crippen LogP contribution in [0.15, 0.2) is 35.1 Å². The number of aliphatic hydroxyl groups excluding tert-OH is 1. The molecule has 2 amide bonds. The maximum absolute atomic E-state index is 12.4. The number of H-pyrrole nitrogens is 1. The Bertz CT molecular complexity index is 895. The Morgan fingerprint density at radius 2 is 2.11 bits per heavy atom. The summed E-state index contributed by atoms with van der Waals surface area (Å²) in [5.41, 5.74) is 1.39. The number of fused-ring (bicyclic) bond motifs is 1. The van der Waals surface area contributed by atoms with Crippen LogP contribution < -0.4 is 16.1 Å². The number of rotatable bonds is 6. The number of hydrogen-bond acceptors (Lipinski definition) is 5. The molecule has 0 spiro atoms. The maximum atomic E-state index is 12.4. The summed E-state index contributed by atoms with van der Waals surface area (Å²) >= 11 is 0. The van der Waals surface area contributed by atoms with E-state index in [1.54, 1.807) is 12.1 Å². The largest absolute Gasteiger partial charge is 0.387 e. The molecule has 0 saturated carbocycles. The highest BCUT2D eigenvalue weighted by molar-refractivity contribution is 5.83. The molecule has 27 heavy (non-hydrogen) atoms. The highest BCUT2D eigenvalue weighted by atomic mass is 16.3. The number of carbonyl (C=O) groups is 2. The van der Waals surface area contributed by atoms with Crippen molar-refractivity contribution in [2.24, 2.45) is 0 Å². The Morgan fingerprint density at radius 3 is 2.85 bits per heavy atom. The van der Waals surface area contributed by atoms with E-state index in [0.29, 0.717) is 37.1 Å². The van der Waals surface area contributed by atoms with Crippen LogP contribution in [0.4, 0.5) is 0 Å².